The molecule has 1 N–H and O–H groups in total. The molecule has 1 amide bonds. The van der Waals surface area contributed by atoms with Gasteiger partial charge in [0.05, 0.1) is 6.42 Å². The van der Waals surface area contributed by atoms with Crippen LogP contribution < -0.4 is 5.32 Å². The van der Waals surface area contributed by atoms with E-state index in [0.29, 0.717) is 6.42 Å². The summed E-state index contributed by atoms with van der Waals surface area (Å²) < 4.78 is 0. The summed E-state index contributed by atoms with van der Waals surface area (Å²) in [5.41, 5.74) is 0.926. The van der Waals surface area contributed by atoms with Gasteiger partial charge in [-0.05, 0) is 29.2 Å². The summed E-state index contributed by atoms with van der Waals surface area (Å²) in [5, 5.41) is 6.37. The standard InChI is InChI=1S/C18H22BrNO/c1-3-18(4-2,13-19)20-17(21)12-14-9-10-15-7-5-6-8-16(15)11-14/h5-11H,3-4,12-13H2,1-2H3,(H,20,21). The number of fused-ring (bicyclic) bond motifs is 1. The molecular weight excluding hydrogens is 326 g/mol. The molecule has 0 saturated carbocycles. The molecule has 112 valence electrons. The second kappa shape index (κ2) is 7.08. The minimum Gasteiger partial charge on any atom is -0.350 e. The molecule has 2 rings (SSSR count). The second-order valence-electron chi connectivity index (χ2n) is 5.53. The highest BCUT2D eigenvalue weighted by Crippen LogP contribution is 2.19. The lowest BCUT2D eigenvalue weighted by Gasteiger charge is -2.31. The van der Waals surface area contributed by atoms with Gasteiger partial charge < -0.3 is 5.32 Å². The van der Waals surface area contributed by atoms with Gasteiger partial charge in [-0.25, -0.2) is 0 Å². The van der Waals surface area contributed by atoms with Crippen molar-refractivity contribution >= 4 is 32.6 Å². The smallest absolute Gasteiger partial charge is 0.224 e. The molecule has 0 atom stereocenters. The van der Waals surface area contributed by atoms with Crippen molar-refractivity contribution in [3.05, 3.63) is 48.0 Å². The minimum absolute atomic E-state index is 0.0911. The van der Waals surface area contributed by atoms with Gasteiger partial charge in [-0.3, -0.25) is 4.79 Å². The van der Waals surface area contributed by atoms with Crippen LogP contribution in [0.25, 0.3) is 10.8 Å². The number of rotatable bonds is 6. The third-order valence-electron chi connectivity index (χ3n) is 4.19. The summed E-state index contributed by atoms with van der Waals surface area (Å²) in [5.74, 6) is 0.0911. The lowest BCUT2D eigenvalue weighted by Crippen LogP contribution is -2.49. The van der Waals surface area contributed by atoms with E-state index in [9.17, 15) is 4.79 Å². The number of halogens is 1. The Bertz CT molecular complexity index is 611. The maximum Gasteiger partial charge on any atom is 0.224 e. The average Bonchev–Trinajstić information content (AvgIpc) is 2.52. The zero-order valence-corrected chi connectivity index (χ0v) is 14.2. The van der Waals surface area contributed by atoms with Crippen molar-refractivity contribution in [3.8, 4) is 0 Å². The van der Waals surface area contributed by atoms with Crippen LogP contribution in [-0.2, 0) is 11.2 Å². The van der Waals surface area contributed by atoms with Crippen LogP contribution in [-0.4, -0.2) is 16.8 Å². The Morgan fingerprint density at radius 2 is 1.76 bits per heavy atom. The largest absolute Gasteiger partial charge is 0.350 e. The fourth-order valence-electron chi connectivity index (χ4n) is 2.52. The van der Waals surface area contributed by atoms with E-state index < -0.39 is 0 Å². The van der Waals surface area contributed by atoms with Gasteiger partial charge in [-0.15, -0.1) is 0 Å². The van der Waals surface area contributed by atoms with Gasteiger partial charge in [0.25, 0.3) is 0 Å². The summed E-state index contributed by atoms with van der Waals surface area (Å²) in [6.07, 6.45) is 2.29. The molecule has 21 heavy (non-hydrogen) atoms. The summed E-state index contributed by atoms with van der Waals surface area (Å²) in [7, 11) is 0. The van der Waals surface area contributed by atoms with Crippen LogP contribution in [0.1, 0.15) is 32.3 Å². The molecule has 0 spiro atoms. The van der Waals surface area contributed by atoms with Gasteiger partial charge >= 0.3 is 0 Å². The SMILES string of the molecule is CCC(CC)(CBr)NC(=O)Cc1ccc2ccccc2c1. The molecule has 0 aliphatic carbocycles. The van der Waals surface area contributed by atoms with Crippen molar-refractivity contribution in [2.45, 2.75) is 38.6 Å². The van der Waals surface area contributed by atoms with Gasteiger partial charge in [0.1, 0.15) is 0 Å². The second-order valence-corrected chi connectivity index (χ2v) is 6.09. The monoisotopic (exact) mass is 347 g/mol. The molecule has 0 bridgehead atoms. The van der Waals surface area contributed by atoms with E-state index in [1.807, 2.05) is 18.2 Å². The van der Waals surface area contributed by atoms with E-state index in [1.165, 1.54) is 10.8 Å². The number of alkyl halides is 1. The number of hydrogen-bond acceptors (Lipinski definition) is 1. The van der Waals surface area contributed by atoms with E-state index in [0.717, 1.165) is 23.7 Å². The molecule has 2 nitrogen and oxygen atoms in total. The van der Waals surface area contributed by atoms with Gasteiger partial charge in [0.15, 0.2) is 0 Å². The first-order chi connectivity index (χ1) is 10.1. The Morgan fingerprint density at radius 3 is 2.38 bits per heavy atom. The molecule has 0 heterocycles. The number of hydrogen-bond donors (Lipinski definition) is 1. The molecule has 0 unspecified atom stereocenters. The Morgan fingerprint density at radius 1 is 1.10 bits per heavy atom. The van der Waals surface area contributed by atoms with Crippen LogP contribution in [0.4, 0.5) is 0 Å². The zero-order chi connectivity index (χ0) is 15.3. The lowest BCUT2D eigenvalue weighted by atomic mass is 9.95. The molecule has 0 aliphatic heterocycles. The molecule has 0 aliphatic rings. The molecule has 0 radical (unpaired) electrons. The first-order valence-electron chi connectivity index (χ1n) is 7.47. The first-order valence-corrected chi connectivity index (χ1v) is 8.59. The van der Waals surface area contributed by atoms with Crippen molar-refractivity contribution in [1.29, 1.82) is 0 Å². The fourth-order valence-corrected chi connectivity index (χ4v) is 3.46. The number of nitrogens with one attached hydrogen (secondary N) is 1. The molecule has 0 saturated heterocycles. The molecule has 3 heteroatoms. The van der Waals surface area contributed by atoms with E-state index >= 15 is 0 Å². The Labute approximate surface area is 135 Å². The predicted octanol–water partition coefficient (Wildman–Crippen LogP) is 4.45. The number of amides is 1. The van der Waals surface area contributed by atoms with Crippen molar-refractivity contribution in [3.63, 3.8) is 0 Å². The molecule has 2 aromatic rings. The van der Waals surface area contributed by atoms with E-state index in [4.69, 9.17) is 0 Å². The summed E-state index contributed by atoms with van der Waals surface area (Å²) >= 11 is 3.53. The lowest BCUT2D eigenvalue weighted by molar-refractivity contribution is -0.122. The van der Waals surface area contributed by atoms with Gasteiger partial charge in [-0.1, -0.05) is 72.2 Å². The molecular formula is C18H22BrNO. The topological polar surface area (TPSA) is 29.1 Å². The van der Waals surface area contributed by atoms with Gasteiger partial charge in [0.2, 0.25) is 5.91 Å². The normalized spacial score (nSPS) is 11.6. The maximum atomic E-state index is 12.3. The van der Waals surface area contributed by atoms with E-state index in [1.54, 1.807) is 0 Å². The number of benzene rings is 2. The summed E-state index contributed by atoms with van der Waals surface area (Å²) in [6, 6.07) is 14.4. The van der Waals surface area contributed by atoms with Crippen molar-refractivity contribution in [2.75, 3.05) is 5.33 Å². The minimum atomic E-state index is -0.131. The van der Waals surface area contributed by atoms with Crippen molar-refractivity contribution in [1.82, 2.24) is 5.32 Å². The number of carbonyl (C=O) groups excluding carboxylic acids is 1. The third-order valence-corrected chi connectivity index (χ3v) is 5.27. The highest BCUT2D eigenvalue weighted by molar-refractivity contribution is 9.09. The zero-order valence-electron chi connectivity index (χ0n) is 12.7. The van der Waals surface area contributed by atoms with Crippen LogP contribution >= 0.6 is 15.9 Å². The van der Waals surface area contributed by atoms with Crippen LogP contribution in [0.3, 0.4) is 0 Å². The maximum absolute atomic E-state index is 12.3. The molecule has 0 fully saturated rings. The average molecular weight is 348 g/mol. The van der Waals surface area contributed by atoms with Crippen molar-refractivity contribution in [2.24, 2.45) is 0 Å². The van der Waals surface area contributed by atoms with Crippen LogP contribution in [0, 0.1) is 0 Å². The predicted molar refractivity (Wildman–Crippen MR) is 92.9 cm³/mol. The highest BCUT2D eigenvalue weighted by Gasteiger charge is 2.26. The third kappa shape index (κ3) is 3.85. The fraction of sp³-hybridized carbons (Fsp3) is 0.389. The summed E-state index contributed by atoms with van der Waals surface area (Å²) in [6.45, 7) is 4.22. The first kappa shape index (κ1) is 16.0. The molecule has 2 aromatic carbocycles. The Hall–Kier alpha value is -1.35. The van der Waals surface area contributed by atoms with E-state index in [2.05, 4.69) is 59.4 Å². The van der Waals surface area contributed by atoms with E-state index in [-0.39, 0.29) is 11.4 Å². The number of carbonyl (C=O) groups is 1. The highest BCUT2D eigenvalue weighted by atomic mass is 79.9. The van der Waals surface area contributed by atoms with Gasteiger partial charge in [-0.2, -0.15) is 0 Å². The Balaban J connectivity index is 2.10. The quantitative estimate of drug-likeness (QED) is 0.768. The van der Waals surface area contributed by atoms with Crippen molar-refractivity contribution < 1.29 is 4.79 Å². The summed E-state index contributed by atoms with van der Waals surface area (Å²) in [4.78, 5) is 12.3. The van der Waals surface area contributed by atoms with Gasteiger partial charge in [0, 0.05) is 10.9 Å². The Kier molecular flexibility index (Phi) is 5.40. The molecule has 0 aromatic heterocycles. The van der Waals surface area contributed by atoms with Crippen LogP contribution in [0.15, 0.2) is 42.5 Å². The van der Waals surface area contributed by atoms with Crippen LogP contribution in [0.2, 0.25) is 0 Å². The van der Waals surface area contributed by atoms with Crippen LogP contribution in [0.5, 0.6) is 0 Å².